The van der Waals surface area contributed by atoms with Gasteiger partial charge in [-0.25, -0.2) is 0 Å². The maximum atomic E-state index is 4.56. The Labute approximate surface area is 144 Å². The molecular weight excluding hydrogens is 296 g/mol. The highest BCUT2D eigenvalue weighted by atomic mass is 28.2. The molecule has 1 nitrogen and oxygen atoms in total. The Bertz CT molecular complexity index is 559. The maximum absolute atomic E-state index is 4.56. The van der Waals surface area contributed by atoms with Gasteiger partial charge in [0.15, 0.2) is 0 Å². The smallest absolute Gasteiger partial charge is 0.246 e. The van der Waals surface area contributed by atoms with E-state index in [9.17, 15) is 0 Å². The van der Waals surface area contributed by atoms with Crippen molar-refractivity contribution in [3.05, 3.63) is 60.2 Å². The number of hydrogen-bond donors (Lipinski definition) is 0. The van der Waals surface area contributed by atoms with Crippen LogP contribution in [0.25, 0.3) is 11.1 Å². The van der Waals surface area contributed by atoms with Crippen molar-refractivity contribution >= 4 is 10.5 Å². The van der Waals surface area contributed by atoms with Crippen LogP contribution < -0.4 is 0 Å². The minimum absolute atomic E-state index is 0.298. The molecule has 0 aliphatic heterocycles. The van der Waals surface area contributed by atoms with Crippen LogP contribution in [-0.4, -0.2) is 16.6 Å². The molecule has 0 heterocycles. The van der Waals surface area contributed by atoms with E-state index < -0.39 is 0 Å². The Morgan fingerprint density at radius 1 is 0.870 bits per heavy atom. The first-order valence-electron chi connectivity index (χ1n) is 8.69. The van der Waals surface area contributed by atoms with E-state index in [0.29, 0.717) is 6.10 Å². The molecule has 1 fully saturated rings. The van der Waals surface area contributed by atoms with Crippen LogP contribution >= 0.6 is 0 Å². The van der Waals surface area contributed by atoms with Crippen LogP contribution in [0.3, 0.4) is 0 Å². The van der Waals surface area contributed by atoms with Crippen molar-refractivity contribution in [1.82, 2.24) is 0 Å². The van der Waals surface area contributed by atoms with Gasteiger partial charge in [0.2, 0.25) is 10.5 Å². The van der Waals surface area contributed by atoms with Gasteiger partial charge in [0.05, 0.1) is 0 Å². The van der Waals surface area contributed by atoms with Gasteiger partial charge in [0, 0.05) is 6.10 Å². The van der Waals surface area contributed by atoms with Crippen molar-refractivity contribution < 1.29 is 4.43 Å². The fourth-order valence-electron chi connectivity index (χ4n) is 3.15. The normalized spacial score (nSPS) is 15.1. The second kappa shape index (κ2) is 9.69. The molecule has 121 valence electrons. The summed E-state index contributed by atoms with van der Waals surface area (Å²) in [4.78, 5) is 0. The van der Waals surface area contributed by atoms with E-state index in [2.05, 4.69) is 69.5 Å². The summed E-state index contributed by atoms with van der Waals surface area (Å²) in [6, 6.07) is 19.8. The average molecular weight is 324 g/mol. The minimum atomic E-state index is 0.298. The van der Waals surface area contributed by atoms with Gasteiger partial charge in [0.25, 0.3) is 0 Å². The lowest BCUT2D eigenvalue weighted by atomic mass is 9.81. The summed E-state index contributed by atoms with van der Waals surface area (Å²) in [6.45, 7) is 3.90. The standard InChI is InChI=1S/C18H20.C3H7OSi/c1-3-9-15(10-4-1)17-13-7-8-14-18(17)16-11-5-2-6-12-16;1-3(2)4-5/h1,3-4,7-10,13-14,16H,2,5-6,11-12H2;3H,1-2H3. The van der Waals surface area contributed by atoms with Crippen molar-refractivity contribution in [2.24, 2.45) is 0 Å². The molecule has 0 unspecified atom stereocenters. The van der Waals surface area contributed by atoms with E-state index in [-0.39, 0.29) is 0 Å². The summed E-state index contributed by atoms with van der Waals surface area (Å²) < 4.78 is 4.56. The third kappa shape index (κ3) is 5.63. The molecule has 0 N–H and O–H groups in total. The Balaban J connectivity index is 0.000000338. The predicted octanol–water partition coefficient (Wildman–Crippen LogP) is 5.90. The molecular formula is C21H27OSi. The average Bonchev–Trinajstić information content (AvgIpc) is 2.63. The zero-order valence-electron chi connectivity index (χ0n) is 14.3. The topological polar surface area (TPSA) is 9.23 Å². The summed E-state index contributed by atoms with van der Waals surface area (Å²) in [7, 11) is 2.85. The van der Waals surface area contributed by atoms with Crippen molar-refractivity contribution in [1.29, 1.82) is 0 Å². The fraction of sp³-hybridized carbons (Fsp3) is 0.429. The van der Waals surface area contributed by atoms with Gasteiger partial charge < -0.3 is 4.43 Å². The first-order valence-corrected chi connectivity index (χ1v) is 9.10. The van der Waals surface area contributed by atoms with E-state index in [1.807, 2.05) is 13.8 Å². The molecule has 0 aromatic heterocycles. The van der Waals surface area contributed by atoms with Gasteiger partial charge in [-0.2, -0.15) is 0 Å². The highest BCUT2D eigenvalue weighted by Gasteiger charge is 2.18. The summed E-state index contributed by atoms with van der Waals surface area (Å²) in [5.41, 5.74) is 4.35. The van der Waals surface area contributed by atoms with Gasteiger partial charge >= 0.3 is 0 Å². The highest BCUT2D eigenvalue weighted by Crippen LogP contribution is 2.37. The van der Waals surface area contributed by atoms with Gasteiger partial charge in [0.1, 0.15) is 0 Å². The molecule has 0 saturated heterocycles. The largest absolute Gasteiger partial charge is 0.416 e. The van der Waals surface area contributed by atoms with Crippen LogP contribution in [0.1, 0.15) is 57.4 Å². The van der Waals surface area contributed by atoms with Gasteiger partial charge in [-0.15, -0.1) is 0 Å². The molecule has 2 aromatic carbocycles. The lowest BCUT2D eigenvalue weighted by Gasteiger charge is -2.24. The van der Waals surface area contributed by atoms with Gasteiger partial charge in [-0.05, 0) is 49.3 Å². The van der Waals surface area contributed by atoms with E-state index >= 15 is 0 Å². The molecule has 1 aliphatic rings. The molecule has 0 atom stereocenters. The molecule has 3 radical (unpaired) electrons. The molecule has 2 aromatic rings. The van der Waals surface area contributed by atoms with Gasteiger partial charge in [-0.1, -0.05) is 73.9 Å². The second-order valence-corrected chi connectivity index (χ2v) is 6.69. The Kier molecular flexibility index (Phi) is 7.57. The molecule has 1 aliphatic carbocycles. The zero-order valence-corrected chi connectivity index (χ0v) is 15.3. The van der Waals surface area contributed by atoms with Crippen LogP contribution in [0.15, 0.2) is 54.6 Å². The predicted molar refractivity (Wildman–Crippen MR) is 99.7 cm³/mol. The fourth-order valence-corrected chi connectivity index (χ4v) is 3.15. The summed E-state index contributed by atoms with van der Waals surface area (Å²) >= 11 is 0. The summed E-state index contributed by atoms with van der Waals surface area (Å²) in [5.74, 6) is 0.773. The summed E-state index contributed by atoms with van der Waals surface area (Å²) in [5, 5.41) is 0. The third-order valence-corrected chi connectivity index (χ3v) is 4.80. The summed E-state index contributed by atoms with van der Waals surface area (Å²) in [6.07, 6.45) is 7.24. The van der Waals surface area contributed by atoms with Crippen LogP contribution in [0.4, 0.5) is 0 Å². The molecule has 2 heteroatoms. The second-order valence-electron chi connectivity index (χ2n) is 6.45. The minimum Gasteiger partial charge on any atom is -0.416 e. The molecule has 0 bridgehead atoms. The SMILES string of the molecule is CC(C)O[Si].c1ccc(-c2ccccc2C2CCCCC2)cc1. The lowest BCUT2D eigenvalue weighted by molar-refractivity contribution is 0.267. The van der Waals surface area contributed by atoms with Crippen LogP contribution in [0, 0.1) is 0 Å². The first kappa shape index (κ1) is 18.0. The van der Waals surface area contributed by atoms with E-state index in [1.54, 1.807) is 5.56 Å². The van der Waals surface area contributed by atoms with E-state index in [4.69, 9.17) is 0 Å². The molecule has 3 rings (SSSR count). The Morgan fingerprint density at radius 2 is 1.43 bits per heavy atom. The van der Waals surface area contributed by atoms with Crippen molar-refractivity contribution in [2.75, 3.05) is 0 Å². The number of benzene rings is 2. The Morgan fingerprint density at radius 3 is 2.04 bits per heavy atom. The first-order chi connectivity index (χ1) is 11.2. The maximum Gasteiger partial charge on any atom is 0.246 e. The van der Waals surface area contributed by atoms with Gasteiger partial charge in [-0.3, -0.25) is 0 Å². The van der Waals surface area contributed by atoms with Crippen LogP contribution in [0.5, 0.6) is 0 Å². The molecule has 23 heavy (non-hydrogen) atoms. The quantitative estimate of drug-likeness (QED) is 0.639. The highest BCUT2D eigenvalue weighted by molar-refractivity contribution is 5.98. The zero-order chi connectivity index (χ0) is 16.5. The lowest BCUT2D eigenvalue weighted by Crippen LogP contribution is -2.05. The molecule has 0 spiro atoms. The van der Waals surface area contributed by atoms with Crippen LogP contribution in [-0.2, 0) is 4.43 Å². The number of hydrogen-bond acceptors (Lipinski definition) is 1. The van der Waals surface area contributed by atoms with Crippen molar-refractivity contribution in [3.8, 4) is 11.1 Å². The monoisotopic (exact) mass is 323 g/mol. The van der Waals surface area contributed by atoms with E-state index in [0.717, 1.165) is 5.92 Å². The number of rotatable bonds is 3. The third-order valence-electron chi connectivity index (χ3n) is 4.33. The van der Waals surface area contributed by atoms with Crippen molar-refractivity contribution in [3.63, 3.8) is 0 Å². The van der Waals surface area contributed by atoms with Crippen molar-refractivity contribution in [2.45, 2.75) is 58.0 Å². The van der Waals surface area contributed by atoms with E-state index in [1.165, 1.54) is 43.2 Å². The van der Waals surface area contributed by atoms with Crippen LogP contribution in [0.2, 0.25) is 0 Å². The molecule has 0 amide bonds. The molecule has 1 saturated carbocycles. The Hall–Kier alpha value is -1.38.